The van der Waals surface area contributed by atoms with Crippen molar-refractivity contribution in [2.45, 2.75) is 31.7 Å². The summed E-state index contributed by atoms with van der Waals surface area (Å²) in [7, 11) is 0. The SMILES string of the molecule is O=C(NCCN1CCCC1)c1c(NC2CC2)c2cncnc2n2c1nc1ccccc12. The maximum absolute atomic E-state index is 13.5. The highest BCUT2D eigenvalue weighted by molar-refractivity contribution is 6.13. The summed E-state index contributed by atoms with van der Waals surface area (Å²) in [5, 5.41) is 7.56. The van der Waals surface area contributed by atoms with Gasteiger partial charge in [0.1, 0.15) is 11.9 Å². The number of benzene rings is 1. The number of amides is 1. The highest BCUT2D eigenvalue weighted by Crippen LogP contribution is 2.35. The molecule has 0 spiro atoms. The largest absolute Gasteiger partial charge is 0.381 e. The Morgan fingerprint density at radius 1 is 1.13 bits per heavy atom. The number of carbonyl (C=O) groups is 1. The van der Waals surface area contributed by atoms with Crippen LogP contribution in [0.2, 0.25) is 0 Å². The summed E-state index contributed by atoms with van der Waals surface area (Å²) in [6.45, 7) is 3.74. The first-order valence-corrected chi connectivity index (χ1v) is 11.1. The van der Waals surface area contributed by atoms with Crippen LogP contribution in [-0.4, -0.2) is 62.4 Å². The number of nitrogens with one attached hydrogen (secondary N) is 2. The zero-order valence-corrected chi connectivity index (χ0v) is 17.3. The summed E-state index contributed by atoms with van der Waals surface area (Å²) in [6, 6.07) is 8.31. The summed E-state index contributed by atoms with van der Waals surface area (Å²) in [6.07, 6.45) is 8.04. The normalized spacial score (nSPS) is 17.0. The van der Waals surface area contributed by atoms with Gasteiger partial charge in [0.2, 0.25) is 0 Å². The first-order chi connectivity index (χ1) is 15.3. The van der Waals surface area contributed by atoms with E-state index in [1.807, 2.05) is 28.7 Å². The van der Waals surface area contributed by atoms with Crippen molar-refractivity contribution >= 4 is 39.3 Å². The zero-order chi connectivity index (χ0) is 20.8. The van der Waals surface area contributed by atoms with E-state index in [4.69, 9.17) is 4.98 Å². The second-order valence-corrected chi connectivity index (χ2v) is 8.49. The highest BCUT2D eigenvalue weighted by Gasteiger charge is 2.29. The first kappa shape index (κ1) is 18.5. The molecule has 0 atom stereocenters. The van der Waals surface area contributed by atoms with E-state index in [1.54, 1.807) is 12.5 Å². The van der Waals surface area contributed by atoms with E-state index in [2.05, 4.69) is 25.5 Å². The number of hydrogen-bond acceptors (Lipinski definition) is 6. The maximum atomic E-state index is 13.5. The molecule has 1 aliphatic heterocycles. The summed E-state index contributed by atoms with van der Waals surface area (Å²) in [5.41, 5.74) is 4.54. The highest BCUT2D eigenvalue weighted by atomic mass is 16.1. The van der Waals surface area contributed by atoms with Crippen LogP contribution in [-0.2, 0) is 0 Å². The lowest BCUT2D eigenvalue weighted by Gasteiger charge is -2.18. The molecule has 31 heavy (non-hydrogen) atoms. The molecule has 2 aliphatic rings. The summed E-state index contributed by atoms with van der Waals surface area (Å²) >= 11 is 0. The Bertz CT molecular complexity index is 1290. The van der Waals surface area contributed by atoms with Crippen molar-refractivity contribution in [3.8, 4) is 0 Å². The molecule has 8 nitrogen and oxygen atoms in total. The second-order valence-electron chi connectivity index (χ2n) is 8.49. The Morgan fingerprint density at radius 2 is 1.97 bits per heavy atom. The number of pyridine rings is 1. The zero-order valence-electron chi connectivity index (χ0n) is 17.3. The fourth-order valence-electron chi connectivity index (χ4n) is 4.55. The molecule has 1 aliphatic carbocycles. The topological polar surface area (TPSA) is 87.5 Å². The molecule has 4 aromatic rings. The van der Waals surface area contributed by atoms with Gasteiger partial charge in [-0.25, -0.2) is 15.0 Å². The van der Waals surface area contributed by atoms with Gasteiger partial charge in [0.15, 0.2) is 11.3 Å². The lowest BCUT2D eigenvalue weighted by atomic mass is 10.1. The van der Waals surface area contributed by atoms with Gasteiger partial charge >= 0.3 is 0 Å². The molecule has 4 heterocycles. The van der Waals surface area contributed by atoms with E-state index < -0.39 is 0 Å². The Labute approximate surface area is 179 Å². The van der Waals surface area contributed by atoms with Crippen molar-refractivity contribution in [2.24, 2.45) is 0 Å². The third-order valence-corrected chi connectivity index (χ3v) is 6.27. The Morgan fingerprint density at radius 3 is 2.81 bits per heavy atom. The molecule has 1 saturated carbocycles. The van der Waals surface area contributed by atoms with Crippen LogP contribution < -0.4 is 10.6 Å². The van der Waals surface area contributed by atoms with Gasteiger partial charge in [-0.2, -0.15) is 0 Å². The predicted molar refractivity (Wildman–Crippen MR) is 120 cm³/mol. The van der Waals surface area contributed by atoms with Crippen LogP contribution in [0.25, 0.3) is 27.7 Å². The molecule has 1 aromatic carbocycles. The minimum Gasteiger partial charge on any atom is -0.381 e. The molecule has 158 valence electrons. The lowest BCUT2D eigenvalue weighted by Crippen LogP contribution is -2.34. The number of likely N-dealkylation sites (tertiary alicyclic amines) is 1. The van der Waals surface area contributed by atoms with Gasteiger partial charge in [0.05, 0.1) is 22.1 Å². The number of carbonyl (C=O) groups excluding carboxylic acids is 1. The standard InChI is InChI=1S/C23H25N7O/c31-23(25-9-12-29-10-3-4-11-29)19-20(27-15-7-8-15)16-13-24-14-26-21(16)30-18-6-2-1-5-17(18)28-22(19)30/h1-2,5-6,13-15,27H,3-4,7-12H2,(H,25,31). The van der Waals surface area contributed by atoms with Gasteiger partial charge in [0, 0.05) is 25.3 Å². The van der Waals surface area contributed by atoms with E-state index in [0.29, 0.717) is 23.8 Å². The average molecular weight is 416 g/mol. The van der Waals surface area contributed by atoms with E-state index in [-0.39, 0.29) is 5.91 Å². The molecule has 1 saturated heterocycles. The van der Waals surface area contributed by atoms with Crippen LogP contribution in [0.3, 0.4) is 0 Å². The number of para-hydroxylation sites is 2. The van der Waals surface area contributed by atoms with Gasteiger partial charge in [-0.1, -0.05) is 12.1 Å². The van der Waals surface area contributed by atoms with E-state index >= 15 is 0 Å². The fourth-order valence-corrected chi connectivity index (χ4v) is 4.55. The van der Waals surface area contributed by atoms with Crippen LogP contribution in [0.5, 0.6) is 0 Å². The van der Waals surface area contributed by atoms with Crippen molar-refractivity contribution < 1.29 is 4.79 Å². The number of aromatic nitrogens is 4. The smallest absolute Gasteiger partial charge is 0.257 e. The van der Waals surface area contributed by atoms with E-state index in [1.165, 1.54) is 12.8 Å². The summed E-state index contributed by atoms with van der Waals surface area (Å²) < 4.78 is 1.99. The number of rotatable bonds is 6. The second kappa shape index (κ2) is 7.46. The maximum Gasteiger partial charge on any atom is 0.257 e. The Balaban J connectivity index is 1.50. The number of anilines is 1. The van der Waals surface area contributed by atoms with Crippen molar-refractivity contribution in [3.63, 3.8) is 0 Å². The monoisotopic (exact) mass is 415 g/mol. The number of imidazole rings is 1. The third kappa shape index (κ3) is 3.27. The molecule has 2 fully saturated rings. The quantitative estimate of drug-likeness (QED) is 0.504. The first-order valence-electron chi connectivity index (χ1n) is 11.1. The number of hydrogen-bond donors (Lipinski definition) is 2. The van der Waals surface area contributed by atoms with Gasteiger partial charge in [0.25, 0.3) is 5.91 Å². The van der Waals surface area contributed by atoms with Crippen LogP contribution in [0.15, 0.2) is 36.8 Å². The van der Waals surface area contributed by atoms with E-state index in [9.17, 15) is 4.79 Å². The molecular weight excluding hydrogens is 390 g/mol. The van der Waals surface area contributed by atoms with Gasteiger partial charge < -0.3 is 15.5 Å². The van der Waals surface area contributed by atoms with Crippen molar-refractivity contribution in [2.75, 3.05) is 31.5 Å². The van der Waals surface area contributed by atoms with Crippen LogP contribution in [0.1, 0.15) is 36.0 Å². The molecule has 8 heteroatoms. The molecule has 1 amide bonds. The van der Waals surface area contributed by atoms with Crippen molar-refractivity contribution in [3.05, 3.63) is 42.4 Å². The minimum absolute atomic E-state index is 0.103. The Kier molecular flexibility index (Phi) is 4.45. The van der Waals surface area contributed by atoms with Crippen molar-refractivity contribution in [1.29, 1.82) is 0 Å². The third-order valence-electron chi connectivity index (χ3n) is 6.27. The lowest BCUT2D eigenvalue weighted by molar-refractivity contribution is 0.0952. The molecule has 3 aromatic heterocycles. The van der Waals surface area contributed by atoms with E-state index in [0.717, 1.165) is 60.2 Å². The van der Waals surface area contributed by atoms with Crippen LogP contribution in [0.4, 0.5) is 5.69 Å². The van der Waals surface area contributed by atoms with Crippen LogP contribution >= 0.6 is 0 Å². The molecular formula is C23H25N7O. The minimum atomic E-state index is -0.103. The molecule has 6 rings (SSSR count). The molecule has 2 N–H and O–H groups in total. The Hall–Kier alpha value is -3.26. The summed E-state index contributed by atoms with van der Waals surface area (Å²) in [5.74, 6) is -0.103. The number of nitrogens with zero attached hydrogens (tertiary/aromatic N) is 5. The molecule has 0 bridgehead atoms. The molecule has 0 radical (unpaired) electrons. The average Bonchev–Trinajstić information content (AvgIpc) is 3.30. The van der Waals surface area contributed by atoms with Gasteiger partial charge in [-0.3, -0.25) is 9.20 Å². The predicted octanol–water partition coefficient (Wildman–Crippen LogP) is 2.83. The molecule has 0 unspecified atom stereocenters. The fraction of sp³-hybridized carbons (Fsp3) is 0.391. The van der Waals surface area contributed by atoms with Gasteiger partial charge in [-0.15, -0.1) is 0 Å². The van der Waals surface area contributed by atoms with Crippen LogP contribution in [0, 0.1) is 0 Å². The number of fused-ring (bicyclic) bond motifs is 5. The van der Waals surface area contributed by atoms with Crippen molar-refractivity contribution in [1.82, 2.24) is 29.6 Å². The summed E-state index contributed by atoms with van der Waals surface area (Å²) in [4.78, 5) is 29.6. The van der Waals surface area contributed by atoms with Gasteiger partial charge in [-0.05, 0) is 50.9 Å².